The number of ether oxygens (including phenoxy) is 5. The molecule has 4 aromatic rings. The van der Waals surface area contributed by atoms with Crippen molar-refractivity contribution in [1.29, 1.82) is 0 Å². The average molecular weight is 995 g/mol. The molecule has 378 valence electrons. The van der Waals surface area contributed by atoms with Crippen LogP contribution in [0.4, 0.5) is 24.0 Å². The molecule has 3 N–H and O–H groups in total. The van der Waals surface area contributed by atoms with Crippen molar-refractivity contribution in [3.8, 4) is 17.0 Å². The second-order valence-corrected chi connectivity index (χ2v) is 19.2. The highest BCUT2D eigenvalue weighted by atomic mass is 32.1. The predicted molar refractivity (Wildman–Crippen MR) is 255 cm³/mol. The Labute approximate surface area is 409 Å². The van der Waals surface area contributed by atoms with Crippen LogP contribution in [0, 0.1) is 17.5 Å². The summed E-state index contributed by atoms with van der Waals surface area (Å²) in [6, 6.07) is 8.90. The van der Waals surface area contributed by atoms with Gasteiger partial charge in [0.25, 0.3) is 0 Å². The van der Waals surface area contributed by atoms with Gasteiger partial charge in [-0.25, -0.2) is 13.8 Å². The van der Waals surface area contributed by atoms with E-state index in [0.717, 1.165) is 22.3 Å². The molecule has 0 radical (unpaired) electrons. The molecule has 70 heavy (non-hydrogen) atoms. The molecule has 1 unspecified atom stereocenters. The zero-order chi connectivity index (χ0) is 49.4. The minimum Gasteiger partial charge on any atom is -0.488 e. The van der Waals surface area contributed by atoms with Crippen LogP contribution in [0.5, 0.6) is 5.75 Å². The number of hydrogen-bond donors (Lipinski definition) is 3. The molecule has 0 spiro atoms. The first-order chi connectivity index (χ1) is 33.8. The number of piperazine rings is 1. The van der Waals surface area contributed by atoms with E-state index in [-0.39, 0.29) is 108 Å². The van der Waals surface area contributed by atoms with E-state index in [4.69, 9.17) is 28.7 Å². The van der Waals surface area contributed by atoms with E-state index < -0.39 is 35.0 Å². The maximum atomic E-state index is 14.6. The standard InChI is InChI=1S/C49H61F3N8O9S/c1-31-25-58(26-43(62)60-30-49(2,3)45-39(60)22-33(37(27-61)55-45)20-32-4-6-35(50)7-5-32)40(24-54-31)47(64)59-11-15-68-28-41(59)46(63)53-8-12-65-16-17-67-18-19-69-42-23-34(21-36(51)44(42)52)38-29-70-48(56-38)57-9-13-66-14-10-57/h4-7,21-23,29,31,40-41,54,61H,8-20,24-28,30H2,1-3H3,(H,53,63)/t31-,40-,41?/m1/s1. The Morgan fingerprint density at radius 2 is 1.69 bits per heavy atom. The number of thiazole rings is 1. The molecule has 4 aliphatic rings. The minimum absolute atomic E-state index is 0.00805. The van der Waals surface area contributed by atoms with E-state index in [1.807, 2.05) is 31.7 Å². The van der Waals surface area contributed by atoms with Gasteiger partial charge >= 0.3 is 0 Å². The van der Waals surface area contributed by atoms with Gasteiger partial charge in [0, 0.05) is 68.2 Å². The van der Waals surface area contributed by atoms with Gasteiger partial charge in [-0.05, 0) is 54.8 Å². The Morgan fingerprint density at radius 1 is 0.943 bits per heavy atom. The molecule has 0 saturated carbocycles. The number of rotatable bonds is 19. The summed E-state index contributed by atoms with van der Waals surface area (Å²) in [7, 11) is 0. The van der Waals surface area contributed by atoms with Crippen LogP contribution < -0.4 is 25.2 Å². The Morgan fingerprint density at radius 3 is 2.46 bits per heavy atom. The van der Waals surface area contributed by atoms with Gasteiger partial charge in [0.05, 0.1) is 88.8 Å². The van der Waals surface area contributed by atoms with Gasteiger partial charge in [-0.1, -0.05) is 26.0 Å². The predicted octanol–water partition coefficient (Wildman–Crippen LogP) is 3.28. The maximum absolute atomic E-state index is 14.6. The molecule has 3 atom stereocenters. The first-order valence-corrected chi connectivity index (χ1v) is 24.6. The molecule has 3 amide bonds. The summed E-state index contributed by atoms with van der Waals surface area (Å²) in [6.07, 6.45) is 0.387. The quantitative estimate of drug-likeness (QED) is 0.117. The molecule has 3 saturated heterocycles. The van der Waals surface area contributed by atoms with Crippen molar-refractivity contribution in [2.45, 2.75) is 57.3 Å². The van der Waals surface area contributed by atoms with Crippen LogP contribution in [0.3, 0.4) is 0 Å². The van der Waals surface area contributed by atoms with Crippen molar-refractivity contribution < 1.29 is 56.3 Å². The number of carbonyl (C=O) groups is 3. The van der Waals surface area contributed by atoms with Crippen LogP contribution >= 0.6 is 11.3 Å². The number of hydrogen-bond acceptors (Lipinski definition) is 15. The monoisotopic (exact) mass is 994 g/mol. The van der Waals surface area contributed by atoms with Gasteiger partial charge in [-0.3, -0.25) is 24.3 Å². The number of pyridine rings is 1. The van der Waals surface area contributed by atoms with Crippen molar-refractivity contribution in [3.63, 3.8) is 0 Å². The van der Waals surface area contributed by atoms with E-state index in [9.17, 15) is 32.7 Å². The molecule has 21 heteroatoms. The summed E-state index contributed by atoms with van der Waals surface area (Å²) in [5.41, 5.74) is 3.80. The molecular weight excluding hydrogens is 934 g/mol. The lowest BCUT2D eigenvalue weighted by Crippen LogP contribution is -2.66. The largest absolute Gasteiger partial charge is 0.488 e. The number of carbonyl (C=O) groups excluding carboxylic acids is 3. The molecule has 17 nitrogen and oxygen atoms in total. The third kappa shape index (κ3) is 12.2. The first-order valence-electron chi connectivity index (χ1n) is 23.7. The Hall–Kier alpha value is -5.26. The molecule has 6 heterocycles. The second kappa shape index (κ2) is 23.3. The van der Waals surface area contributed by atoms with E-state index in [2.05, 4.69) is 20.5 Å². The minimum atomic E-state index is -1.10. The van der Waals surface area contributed by atoms with Crippen LogP contribution in [0.2, 0.25) is 0 Å². The molecule has 4 aliphatic heterocycles. The second-order valence-electron chi connectivity index (χ2n) is 18.4. The summed E-state index contributed by atoms with van der Waals surface area (Å²) in [5, 5.41) is 19.1. The summed E-state index contributed by atoms with van der Waals surface area (Å²) >= 11 is 1.43. The molecular formula is C49H61F3N8O9S. The highest BCUT2D eigenvalue weighted by molar-refractivity contribution is 7.14. The smallest absolute Gasteiger partial charge is 0.245 e. The van der Waals surface area contributed by atoms with Crippen molar-refractivity contribution >= 4 is 39.9 Å². The van der Waals surface area contributed by atoms with E-state index >= 15 is 0 Å². The topological polar surface area (TPSA) is 180 Å². The number of benzene rings is 2. The number of aliphatic hydroxyl groups is 1. The number of amides is 3. The van der Waals surface area contributed by atoms with Crippen molar-refractivity contribution in [2.75, 3.05) is 122 Å². The third-order valence-corrected chi connectivity index (χ3v) is 13.7. The number of halogens is 3. The number of morpholine rings is 2. The van der Waals surface area contributed by atoms with Crippen LogP contribution in [0.1, 0.15) is 43.3 Å². The number of nitrogens with zero attached hydrogens (tertiary/aromatic N) is 6. The van der Waals surface area contributed by atoms with Gasteiger partial charge in [-0.15, -0.1) is 11.3 Å². The fourth-order valence-electron chi connectivity index (χ4n) is 9.12. The average Bonchev–Trinajstić information content (AvgIpc) is 3.96. The molecule has 2 aromatic carbocycles. The van der Waals surface area contributed by atoms with Crippen LogP contribution in [0.15, 0.2) is 47.8 Å². The normalized spacial score (nSPS) is 20.4. The number of aliphatic hydroxyl groups excluding tert-OH is 1. The van der Waals surface area contributed by atoms with Crippen molar-refractivity contribution in [1.82, 2.24) is 30.4 Å². The highest BCUT2D eigenvalue weighted by Gasteiger charge is 2.44. The zero-order valence-corrected chi connectivity index (χ0v) is 40.5. The van der Waals surface area contributed by atoms with Gasteiger partial charge in [0.1, 0.15) is 24.5 Å². The molecule has 0 aliphatic carbocycles. The zero-order valence-electron chi connectivity index (χ0n) is 39.7. The number of aromatic nitrogens is 2. The number of anilines is 2. The molecule has 0 bridgehead atoms. The lowest BCUT2D eigenvalue weighted by molar-refractivity contribution is -0.153. The van der Waals surface area contributed by atoms with Gasteiger partial charge in [0.2, 0.25) is 23.5 Å². The summed E-state index contributed by atoms with van der Waals surface area (Å²) in [6.45, 7) is 10.5. The highest BCUT2D eigenvalue weighted by Crippen LogP contribution is 2.41. The lowest BCUT2D eigenvalue weighted by Gasteiger charge is -2.43. The molecule has 8 rings (SSSR count). The summed E-state index contributed by atoms with van der Waals surface area (Å²) < 4.78 is 70.7. The van der Waals surface area contributed by atoms with Crippen LogP contribution in [-0.4, -0.2) is 173 Å². The Bertz CT molecular complexity index is 2460. The van der Waals surface area contributed by atoms with E-state index in [0.29, 0.717) is 74.1 Å². The van der Waals surface area contributed by atoms with Gasteiger partial charge in [-0.2, -0.15) is 4.39 Å². The summed E-state index contributed by atoms with van der Waals surface area (Å²) in [4.78, 5) is 58.9. The van der Waals surface area contributed by atoms with Crippen LogP contribution in [0.25, 0.3) is 11.3 Å². The van der Waals surface area contributed by atoms with Crippen LogP contribution in [-0.2, 0) is 51.8 Å². The number of nitrogens with one attached hydrogen (secondary N) is 2. The number of fused-ring (bicyclic) bond motifs is 1. The molecule has 2 aromatic heterocycles. The maximum Gasteiger partial charge on any atom is 0.245 e. The van der Waals surface area contributed by atoms with E-state index in [1.165, 1.54) is 34.4 Å². The molecule has 3 fully saturated rings. The fraction of sp³-hybridized carbons (Fsp3) is 0.531. The Kier molecular flexibility index (Phi) is 17.0. The van der Waals surface area contributed by atoms with Gasteiger partial charge < -0.3 is 54.1 Å². The lowest BCUT2D eigenvalue weighted by atomic mass is 9.90. The van der Waals surface area contributed by atoms with Crippen molar-refractivity contribution in [2.24, 2.45) is 0 Å². The fourth-order valence-corrected chi connectivity index (χ4v) is 10.0. The van der Waals surface area contributed by atoms with Crippen molar-refractivity contribution in [3.05, 3.63) is 87.8 Å². The van der Waals surface area contributed by atoms with E-state index in [1.54, 1.807) is 22.4 Å². The van der Waals surface area contributed by atoms with Gasteiger partial charge in [0.15, 0.2) is 16.7 Å². The Balaban J connectivity index is 0.789. The SMILES string of the molecule is C[C@@H]1CN(CC(=O)N2CC(C)(C)c3nc(CO)c(Cc4ccc(F)cc4)cc32)[C@@H](C(=O)N2CCOCC2C(=O)NCCOCCOCCOc2cc(-c3csc(N4CCOCC4)n3)cc(F)c2F)CN1. The third-order valence-electron chi connectivity index (χ3n) is 12.8. The first kappa shape index (κ1) is 51.1. The summed E-state index contributed by atoms with van der Waals surface area (Å²) in [5.74, 6) is -3.62.